The highest BCUT2D eigenvalue weighted by atomic mass is 32.2. The normalized spacial score (nSPS) is 12.2. The van der Waals surface area contributed by atoms with Gasteiger partial charge in [-0.1, -0.05) is 6.92 Å². The van der Waals surface area contributed by atoms with E-state index in [1.54, 1.807) is 11.6 Å². The maximum absolute atomic E-state index is 12.1. The number of sulfonamides is 1. The van der Waals surface area contributed by atoms with Crippen molar-refractivity contribution in [3.8, 4) is 0 Å². The van der Waals surface area contributed by atoms with E-state index in [1.807, 2.05) is 6.92 Å². The first-order valence-electron chi connectivity index (χ1n) is 5.11. The molecule has 6 nitrogen and oxygen atoms in total. The van der Waals surface area contributed by atoms with E-state index < -0.39 is 10.0 Å². The molecule has 0 saturated carbocycles. The van der Waals surface area contributed by atoms with Crippen molar-refractivity contribution in [1.82, 2.24) is 13.9 Å². The summed E-state index contributed by atoms with van der Waals surface area (Å²) in [5, 5.41) is 8.87. The van der Waals surface area contributed by atoms with E-state index in [4.69, 9.17) is 5.11 Å². The number of aliphatic hydroxyl groups is 1. The molecule has 0 aliphatic heterocycles. The van der Waals surface area contributed by atoms with Gasteiger partial charge in [-0.25, -0.2) is 13.4 Å². The molecule has 7 heteroatoms. The Morgan fingerprint density at radius 3 is 2.62 bits per heavy atom. The van der Waals surface area contributed by atoms with E-state index in [-0.39, 0.29) is 18.2 Å². The summed E-state index contributed by atoms with van der Waals surface area (Å²) in [6, 6.07) is 0. The third kappa shape index (κ3) is 2.81. The molecule has 0 aliphatic carbocycles. The predicted octanol–water partition coefficient (Wildman–Crippen LogP) is -0.187. The summed E-state index contributed by atoms with van der Waals surface area (Å²) in [5.74, 6) is 0. The van der Waals surface area contributed by atoms with Gasteiger partial charge in [0.1, 0.15) is 0 Å². The van der Waals surface area contributed by atoms with Gasteiger partial charge in [0.15, 0.2) is 5.03 Å². The van der Waals surface area contributed by atoms with Crippen molar-refractivity contribution in [2.75, 3.05) is 19.7 Å². The lowest BCUT2D eigenvalue weighted by atomic mass is 10.5. The van der Waals surface area contributed by atoms with Gasteiger partial charge in [-0.2, -0.15) is 4.31 Å². The zero-order valence-electron chi connectivity index (χ0n) is 9.50. The fourth-order valence-electron chi connectivity index (χ4n) is 1.37. The highest BCUT2D eigenvalue weighted by Crippen LogP contribution is 2.12. The van der Waals surface area contributed by atoms with Crippen molar-refractivity contribution in [3.63, 3.8) is 0 Å². The summed E-state index contributed by atoms with van der Waals surface area (Å²) in [6.45, 7) is 2.19. The lowest BCUT2D eigenvalue weighted by Crippen LogP contribution is -2.34. The van der Waals surface area contributed by atoms with Gasteiger partial charge in [0.05, 0.1) is 12.9 Å². The second-order valence-electron chi connectivity index (χ2n) is 3.51. The van der Waals surface area contributed by atoms with Crippen LogP contribution < -0.4 is 0 Å². The first-order chi connectivity index (χ1) is 7.52. The zero-order chi connectivity index (χ0) is 12.2. The molecule has 0 bridgehead atoms. The number of rotatable bonds is 6. The molecule has 1 aromatic heterocycles. The quantitative estimate of drug-likeness (QED) is 0.756. The van der Waals surface area contributed by atoms with E-state index in [0.717, 1.165) is 0 Å². The molecule has 0 spiro atoms. The third-order valence-corrected chi connectivity index (χ3v) is 3.89. The Hall–Kier alpha value is -0.920. The third-order valence-electron chi connectivity index (χ3n) is 2.11. The van der Waals surface area contributed by atoms with Crippen molar-refractivity contribution in [2.45, 2.75) is 18.4 Å². The smallest absolute Gasteiger partial charge is 0.262 e. The van der Waals surface area contributed by atoms with Crippen molar-refractivity contribution in [3.05, 3.63) is 12.5 Å². The molecule has 92 valence electrons. The molecule has 0 aliphatic rings. The first kappa shape index (κ1) is 13.1. The van der Waals surface area contributed by atoms with Gasteiger partial charge in [0.2, 0.25) is 0 Å². The maximum Gasteiger partial charge on any atom is 0.262 e. The fourth-order valence-corrected chi connectivity index (χ4v) is 2.86. The molecule has 0 saturated heterocycles. The summed E-state index contributed by atoms with van der Waals surface area (Å²) >= 11 is 0. The van der Waals surface area contributed by atoms with Crippen LogP contribution in [-0.2, 0) is 17.1 Å². The second-order valence-corrected chi connectivity index (χ2v) is 5.39. The van der Waals surface area contributed by atoms with Crippen LogP contribution in [0.25, 0.3) is 0 Å². The lowest BCUT2D eigenvalue weighted by molar-refractivity contribution is 0.253. The van der Waals surface area contributed by atoms with Gasteiger partial charge >= 0.3 is 0 Å². The molecule has 0 unspecified atom stereocenters. The zero-order valence-corrected chi connectivity index (χ0v) is 10.3. The molecule has 0 radical (unpaired) electrons. The van der Waals surface area contributed by atoms with Crippen LogP contribution in [0.5, 0.6) is 0 Å². The Kier molecular flexibility index (Phi) is 4.45. The minimum atomic E-state index is -3.56. The number of aliphatic hydroxyl groups excluding tert-OH is 1. The van der Waals surface area contributed by atoms with Crippen molar-refractivity contribution in [1.29, 1.82) is 0 Å². The van der Waals surface area contributed by atoms with Gasteiger partial charge in [-0.15, -0.1) is 0 Å². The van der Waals surface area contributed by atoms with Gasteiger partial charge in [0, 0.05) is 26.3 Å². The molecule has 1 rings (SSSR count). The van der Waals surface area contributed by atoms with Crippen LogP contribution in [0.4, 0.5) is 0 Å². The van der Waals surface area contributed by atoms with Crippen LogP contribution in [-0.4, -0.2) is 47.1 Å². The highest BCUT2D eigenvalue weighted by Gasteiger charge is 2.25. The lowest BCUT2D eigenvalue weighted by Gasteiger charge is -2.18. The molecular weight excluding hydrogens is 230 g/mol. The Labute approximate surface area is 95.6 Å². The fraction of sp³-hybridized carbons (Fsp3) is 0.667. The summed E-state index contributed by atoms with van der Waals surface area (Å²) in [6.07, 6.45) is 3.59. The number of aryl methyl sites for hydroxylation is 1. The molecule has 0 atom stereocenters. The summed E-state index contributed by atoms with van der Waals surface area (Å²) < 4.78 is 27.0. The van der Waals surface area contributed by atoms with Crippen LogP contribution in [0.1, 0.15) is 13.3 Å². The Bertz CT molecular complexity index is 421. The average Bonchev–Trinajstić information content (AvgIpc) is 2.65. The SMILES string of the molecule is CCCN(CCO)S(=O)(=O)c1cn(C)cn1. The van der Waals surface area contributed by atoms with Gasteiger partial charge in [-0.05, 0) is 6.42 Å². The number of aromatic nitrogens is 2. The van der Waals surface area contributed by atoms with Crippen molar-refractivity contribution < 1.29 is 13.5 Å². The van der Waals surface area contributed by atoms with Gasteiger partial charge in [0.25, 0.3) is 10.0 Å². The van der Waals surface area contributed by atoms with E-state index in [2.05, 4.69) is 4.98 Å². The predicted molar refractivity (Wildman–Crippen MR) is 59.3 cm³/mol. The average molecular weight is 247 g/mol. The van der Waals surface area contributed by atoms with Crippen LogP contribution >= 0.6 is 0 Å². The molecule has 1 heterocycles. The highest BCUT2D eigenvalue weighted by molar-refractivity contribution is 7.89. The molecule has 0 fully saturated rings. The van der Waals surface area contributed by atoms with Gasteiger partial charge < -0.3 is 9.67 Å². The summed E-state index contributed by atoms with van der Waals surface area (Å²) in [7, 11) is -1.85. The number of imidazole rings is 1. The standard InChI is InChI=1S/C9H17N3O3S/c1-3-4-12(5-6-13)16(14,15)9-7-11(2)8-10-9/h7-8,13H,3-6H2,1-2H3. The second kappa shape index (κ2) is 5.42. The number of hydrogen-bond acceptors (Lipinski definition) is 4. The van der Waals surface area contributed by atoms with E-state index in [9.17, 15) is 8.42 Å². The summed E-state index contributed by atoms with van der Waals surface area (Å²) in [5.41, 5.74) is 0. The first-order valence-corrected chi connectivity index (χ1v) is 6.55. The van der Waals surface area contributed by atoms with E-state index in [0.29, 0.717) is 13.0 Å². The monoisotopic (exact) mass is 247 g/mol. The maximum atomic E-state index is 12.1. The van der Waals surface area contributed by atoms with Crippen molar-refractivity contribution >= 4 is 10.0 Å². The Morgan fingerprint density at radius 2 is 2.19 bits per heavy atom. The van der Waals surface area contributed by atoms with Crippen LogP contribution in [0.15, 0.2) is 17.6 Å². The van der Waals surface area contributed by atoms with Crippen LogP contribution in [0, 0.1) is 0 Å². The minimum Gasteiger partial charge on any atom is -0.395 e. The topological polar surface area (TPSA) is 75.4 Å². The van der Waals surface area contributed by atoms with Crippen molar-refractivity contribution in [2.24, 2.45) is 7.05 Å². The van der Waals surface area contributed by atoms with E-state index >= 15 is 0 Å². The number of hydrogen-bond donors (Lipinski definition) is 1. The molecule has 0 aromatic carbocycles. The largest absolute Gasteiger partial charge is 0.395 e. The Morgan fingerprint density at radius 1 is 1.50 bits per heavy atom. The van der Waals surface area contributed by atoms with E-state index in [1.165, 1.54) is 16.8 Å². The van der Waals surface area contributed by atoms with Crippen LogP contribution in [0.3, 0.4) is 0 Å². The molecule has 1 aromatic rings. The van der Waals surface area contributed by atoms with Gasteiger partial charge in [-0.3, -0.25) is 0 Å². The molecule has 16 heavy (non-hydrogen) atoms. The summed E-state index contributed by atoms with van der Waals surface area (Å²) in [4.78, 5) is 3.82. The number of nitrogens with zero attached hydrogens (tertiary/aromatic N) is 3. The molecular formula is C9H17N3O3S. The van der Waals surface area contributed by atoms with Crippen LogP contribution in [0.2, 0.25) is 0 Å². The minimum absolute atomic E-state index is 0.0249. The Balaban J connectivity index is 2.97. The molecule has 0 amide bonds. The molecule has 1 N–H and O–H groups in total.